The Bertz CT molecular complexity index is 266. The number of amidine groups is 1. The summed E-state index contributed by atoms with van der Waals surface area (Å²) in [6.45, 7) is 4.00. The highest BCUT2D eigenvalue weighted by molar-refractivity contribution is 8.13. The van der Waals surface area contributed by atoms with Crippen molar-refractivity contribution in [1.82, 2.24) is 10.3 Å². The first-order valence-electron chi connectivity index (χ1n) is 4.86. The maximum Gasteiger partial charge on any atom is 0.183 e. The topological polar surface area (TPSA) is 61.1 Å². The van der Waals surface area contributed by atoms with Crippen LogP contribution in [0.1, 0.15) is 13.8 Å². The molecule has 16 heavy (non-hydrogen) atoms. The Labute approximate surface area is 102 Å². The number of nitriles is 1. The van der Waals surface area contributed by atoms with Crippen molar-refractivity contribution in [3.05, 3.63) is 30.6 Å². The fourth-order valence-corrected chi connectivity index (χ4v) is 0.889. The molecule has 0 aromatic carbocycles. The molecule has 0 radical (unpaired) electrons. The molecule has 88 valence electrons. The molecule has 4 nitrogen and oxygen atoms in total. The van der Waals surface area contributed by atoms with E-state index in [0.717, 1.165) is 0 Å². The number of rotatable bonds is 0. The maximum atomic E-state index is 8.04. The van der Waals surface area contributed by atoms with E-state index in [2.05, 4.69) is 15.3 Å². The standard InChI is InChI=1S/C5H5N.C4H7N3S.C2H6/c1-2-4-6-5-3-1;1-6-4(8-2)7-3-5;1-2/h1-5H;1-2H3,(H,6,7);1-2H3. The quantitative estimate of drug-likeness (QED) is 0.326. The number of aliphatic imine (C=N–C) groups is 1. The molecule has 0 unspecified atom stereocenters. The summed E-state index contributed by atoms with van der Waals surface area (Å²) in [5, 5.41) is 11.1. The van der Waals surface area contributed by atoms with E-state index in [1.54, 1.807) is 25.6 Å². The minimum absolute atomic E-state index is 0.646. The number of thioether (sulfide) groups is 1. The Morgan fingerprint density at radius 3 is 2.00 bits per heavy atom. The molecule has 1 aromatic heterocycles. The van der Waals surface area contributed by atoms with Gasteiger partial charge in [0, 0.05) is 19.4 Å². The summed E-state index contributed by atoms with van der Waals surface area (Å²) in [5.41, 5.74) is 0. The van der Waals surface area contributed by atoms with E-state index in [1.807, 2.05) is 38.3 Å². The van der Waals surface area contributed by atoms with E-state index in [1.165, 1.54) is 11.8 Å². The molecule has 0 amide bonds. The molecule has 1 heterocycles. The van der Waals surface area contributed by atoms with Gasteiger partial charge in [-0.3, -0.25) is 15.3 Å². The number of pyridine rings is 1. The van der Waals surface area contributed by atoms with E-state index in [0.29, 0.717) is 5.17 Å². The molecule has 0 aliphatic carbocycles. The van der Waals surface area contributed by atoms with Crippen LogP contribution in [0.5, 0.6) is 0 Å². The molecule has 1 N–H and O–H groups in total. The average Bonchev–Trinajstić information content (AvgIpc) is 2.41. The van der Waals surface area contributed by atoms with Gasteiger partial charge in [0.1, 0.15) is 0 Å². The number of hydrogen-bond donors (Lipinski definition) is 1. The zero-order valence-corrected chi connectivity index (χ0v) is 11.0. The van der Waals surface area contributed by atoms with E-state index in [4.69, 9.17) is 5.26 Å². The van der Waals surface area contributed by atoms with Crippen molar-refractivity contribution in [2.45, 2.75) is 13.8 Å². The largest absolute Gasteiger partial charge is 0.272 e. The normalized spacial score (nSPS) is 8.56. The van der Waals surface area contributed by atoms with Gasteiger partial charge in [0.05, 0.1) is 0 Å². The first-order valence-corrected chi connectivity index (χ1v) is 6.08. The van der Waals surface area contributed by atoms with Crippen LogP contribution in [0, 0.1) is 11.5 Å². The summed E-state index contributed by atoms with van der Waals surface area (Å²) < 4.78 is 0. The molecule has 1 rings (SSSR count). The van der Waals surface area contributed by atoms with E-state index in [-0.39, 0.29) is 0 Å². The number of aromatic nitrogens is 1. The molecule has 0 saturated heterocycles. The highest BCUT2D eigenvalue weighted by atomic mass is 32.2. The van der Waals surface area contributed by atoms with Gasteiger partial charge in [-0.1, -0.05) is 31.7 Å². The van der Waals surface area contributed by atoms with Gasteiger partial charge in [0.2, 0.25) is 0 Å². The highest BCUT2D eigenvalue weighted by Crippen LogP contribution is 1.90. The van der Waals surface area contributed by atoms with Crippen molar-refractivity contribution >= 4 is 16.9 Å². The second-order valence-corrected chi connectivity index (χ2v) is 2.79. The van der Waals surface area contributed by atoms with Crippen molar-refractivity contribution in [2.24, 2.45) is 4.99 Å². The Balaban J connectivity index is 0. The third-order valence-electron chi connectivity index (χ3n) is 1.13. The van der Waals surface area contributed by atoms with Crippen molar-refractivity contribution in [1.29, 1.82) is 5.26 Å². The van der Waals surface area contributed by atoms with Crippen LogP contribution in [0.4, 0.5) is 0 Å². The molecule has 0 saturated carbocycles. The third kappa shape index (κ3) is 12.5. The summed E-state index contributed by atoms with van der Waals surface area (Å²) in [7, 11) is 1.64. The minimum Gasteiger partial charge on any atom is -0.272 e. The molecule has 0 aliphatic rings. The van der Waals surface area contributed by atoms with Gasteiger partial charge in [-0.05, 0) is 18.4 Å². The van der Waals surface area contributed by atoms with E-state index < -0.39 is 0 Å². The van der Waals surface area contributed by atoms with Crippen LogP contribution < -0.4 is 5.32 Å². The van der Waals surface area contributed by atoms with Gasteiger partial charge in [0.25, 0.3) is 0 Å². The molecular weight excluding hydrogens is 220 g/mol. The number of nitrogens with one attached hydrogen (secondary N) is 1. The summed E-state index contributed by atoms with van der Waals surface area (Å²) in [6, 6.07) is 5.72. The van der Waals surface area contributed by atoms with Crippen LogP contribution >= 0.6 is 11.8 Å². The van der Waals surface area contributed by atoms with E-state index in [9.17, 15) is 0 Å². The van der Waals surface area contributed by atoms with Crippen LogP contribution in [0.3, 0.4) is 0 Å². The Hall–Kier alpha value is -1.54. The SMILES string of the molecule is CC.CN=C(NC#N)SC.c1ccncc1. The van der Waals surface area contributed by atoms with Gasteiger partial charge >= 0.3 is 0 Å². The summed E-state index contributed by atoms with van der Waals surface area (Å²) in [6.07, 6.45) is 7.12. The zero-order valence-electron chi connectivity index (χ0n) is 10.1. The Kier molecular flexibility index (Phi) is 16.8. The lowest BCUT2D eigenvalue weighted by atomic mass is 10.5. The van der Waals surface area contributed by atoms with Gasteiger partial charge in [-0.2, -0.15) is 5.26 Å². The summed E-state index contributed by atoms with van der Waals surface area (Å²) >= 11 is 1.41. The van der Waals surface area contributed by atoms with Gasteiger partial charge in [-0.25, -0.2) is 0 Å². The fourth-order valence-electron chi connectivity index (χ4n) is 0.559. The Morgan fingerprint density at radius 2 is 1.88 bits per heavy atom. The second-order valence-electron chi connectivity index (χ2n) is 1.99. The molecule has 5 heteroatoms. The lowest BCUT2D eigenvalue weighted by molar-refractivity contribution is 1.26. The molecular formula is C11H18N4S. The molecule has 0 fully saturated rings. The van der Waals surface area contributed by atoms with Crippen LogP contribution in [-0.4, -0.2) is 23.5 Å². The minimum atomic E-state index is 0.646. The van der Waals surface area contributed by atoms with Crippen molar-refractivity contribution in [3.8, 4) is 6.19 Å². The summed E-state index contributed by atoms with van der Waals surface area (Å²) in [4.78, 5) is 7.53. The molecule has 0 bridgehead atoms. The zero-order chi connectivity index (χ0) is 12.6. The number of nitrogens with zero attached hydrogens (tertiary/aromatic N) is 3. The van der Waals surface area contributed by atoms with Crippen LogP contribution in [0.15, 0.2) is 35.6 Å². The maximum absolute atomic E-state index is 8.04. The monoisotopic (exact) mass is 238 g/mol. The van der Waals surface area contributed by atoms with Crippen molar-refractivity contribution < 1.29 is 0 Å². The van der Waals surface area contributed by atoms with Crippen molar-refractivity contribution in [2.75, 3.05) is 13.3 Å². The smallest absolute Gasteiger partial charge is 0.183 e. The lowest BCUT2D eigenvalue weighted by Gasteiger charge is -1.92. The van der Waals surface area contributed by atoms with Gasteiger partial charge < -0.3 is 0 Å². The average molecular weight is 238 g/mol. The highest BCUT2D eigenvalue weighted by Gasteiger charge is 1.87. The molecule has 0 spiro atoms. The van der Waals surface area contributed by atoms with Gasteiger partial charge in [-0.15, -0.1) is 0 Å². The first-order chi connectivity index (χ1) is 7.85. The third-order valence-corrected chi connectivity index (χ3v) is 1.80. The fraction of sp³-hybridized carbons (Fsp3) is 0.364. The number of hydrogen-bond acceptors (Lipinski definition) is 4. The molecule has 0 aliphatic heterocycles. The predicted molar refractivity (Wildman–Crippen MR) is 71.2 cm³/mol. The molecule has 1 aromatic rings. The second kappa shape index (κ2) is 15.9. The first kappa shape index (κ1) is 16.9. The van der Waals surface area contributed by atoms with Crippen LogP contribution in [0.2, 0.25) is 0 Å². The van der Waals surface area contributed by atoms with Crippen LogP contribution in [0.25, 0.3) is 0 Å². The molecule has 0 atom stereocenters. The lowest BCUT2D eigenvalue weighted by Crippen LogP contribution is -2.12. The Morgan fingerprint density at radius 1 is 1.31 bits per heavy atom. The van der Waals surface area contributed by atoms with Gasteiger partial charge in [0.15, 0.2) is 11.4 Å². The summed E-state index contributed by atoms with van der Waals surface area (Å²) in [5.74, 6) is 0. The predicted octanol–water partition coefficient (Wildman–Crippen LogP) is 2.51. The van der Waals surface area contributed by atoms with Crippen molar-refractivity contribution in [3.63, 3.8) is 0 Å². The van der Waals surface area contributed by atoms with Crippen LogP contribution in [-0.2, 0) is 0 Å². The van der Waals surface area contributed by atoms with E-state index >= 15 is 0 Å².